The smallest absolute Gasteiger partial charge is 0.258 e. The number of amides is 3. The Hall–Kier alpha value is -4.17. The molecule has 0 aliphatic carbocycles. The maximum absolute atomic E-state index is 13.0. The Balaban J connectivity index is 1.26. The maximum atomic E-state index is 13.0. The van der Waals surface area contributed by atoms with Crippen molar-refractivity contribution < 1.29 is 23.9 Å². The molecule has 1 heterocycles. The monoisotopic (exact) mass is 445 g/mol. The normalized spacial score (nSPS) is 12.5. The van der Waals surface area contributed by atoms with Gasteiger partial charge in [0.25, 0.3) is 5.91 Å². The topological polar surface area (TPSA) is 97.0 Å². The second-order valence-corrected chi connectivity index (χ2v) is 7.30. The van der Waals surface area contributed by atoms with Crippen molar-refractivity contribution in [3.63, 3.8) is 0 Å². The molecule has 0 atom stereocenters. The molecule has 3 aromatic rings. The zero-order valence-corrected chi connectivity index (χ0v) is 17.8. The van der Waals surface area contributed by atoms with Gasteiger partial charge < -0.3 is 20.1 Å². The van der Waals surface area contributed by atoms with E-state index in [1.807, 2.05) is 36.4 Å². The van der Waals surface area contributed by atoms with Gasteiger partial charge in [-0.05, 0) is 48.5 Å². The van der Waals surface area contributed by atoms with E-state index in [-0.39, 0.29) is 37.5 Å². The van der Waals surface area contributed by atoms with E-state index in [0.29, 0.717) is 29.2 Å². The van der Waals surface area contributed by atoms with Gasteiger partial charge in [0, 0.05) is 11.3 Å². The summed E-state index contributed by atoms with van der Waals surface area (Å²) in [7, 11) is 0. The van der Waals surface area contributed by atoms with Gasteiger partial charge in [-0.15, -0.1) is 0 Å². The predicted molar refractivity (Wildman–Crippen MR) is 125 cm³/mol. The molecule has 3 aromatic carbocycles. The standard InChI is InChI=1S/C25H23N3O5/c29-23-16-28(22-9-5-4-8-21(22)27-23)25(31)18-10-12-19(13-11-18)26-24(30)17-32-14-15-33-20-6-2-1-3-7-20/h1-13H,14-17H2,(H,26,30)(H,27,29). The molecule has 0 aromatic heterocycles. The second kappa shape index (κ2) is 10.4. The summed E-state index contributed by atoms with van der Waals surface area (Å²) in [5.41, 5.74) is 2.19. The fourth-order valence-electron chi connectivity index (χ4n) is 3.36. The van der Waals surface area contributed by atoms with E-state index in [4.69, 9.17) is 9.47 Å². The molecular formula is C25H23N3O5. The third kappa shape index (κ3) is 5.75. The quantitative estimate of drug-likeness (QED) is 0.519. The van der Waals surface area contributed by atoms with Gasteiger partial charge in [0.2, 0.25) is 11.8 Å². The number of nitrogens with zero attached hydrogens (tertiary/aromatic N) is 1. The van der Waals surface area contributed by atoms with Crippen molar-refractivity contribution in [3.8, 4) is 5.75 Å². The van der Waals surface area contributed by atoms with Crippen molar-refractivity contribution in [1.82, 2.24) is 0 Å². The summed E-state index contributed by atoms with van der Waals surface area (Å²) in [6, 6.07) is 23.0. The lowest BCUT2D eigenvalue weighted by molar-refractivity contribution is -0.120. The average Bonchev–Trinajstić information content (AvgIpc) is 2.84. The number of nitrogens with one attached hydrogen (secondary N) is 2. The SMILES string of the molecule is O=C(COCCOc1ccccc1)Nc1ccc(C(=O)N2CC(=O)Nc3ccccc32)cc1. The van der Waals surface area contributed by atoms with Gasteiger partial charge >= 0.3 is 0 Å². The molecule has 33 heavy (non-hydrogen) atoms. The van der Waals surface area contributed by atoms with Crippen LogP contribution < -0.4 is 20.3 Å². The molecular weight excluding hydrogens is 422 g/mol. The van der Waals surface area contributed by atoms with Crippen LogP contribution in [0.25, 0.3) is 0 Å². The predicted octanol–water partition coefficient (Wildman–Crippen LogP) is 3.32. The average molecular weight is 445 g/mol. The lowest BCUT2D eigenvalue weighted by atomic mass is 10.1. The number of fused-ring (bicyclic) bond motifs is 1. The molecule has 8 heteroatoms. The number of ether oxygens (including phenoxy) is 2. The van der Waals surface area contributed by atoms with Gasteiger partial charge in [-0.1, -0.05) is 30.3 Å². The first kappa shape index (κ1) is 22.0. The van der Waals surface area contributed by atoms with Gasteiger partial charge in [-0.25, -0.2) is 0 Å². The van der Waals surface area contributed by atoms with Crippen LogP contribution in [0.4, 0.5) is 17.1 Å². The highest BCUT2D eigenvalue weighted by Gasteiger charge is 2.27. The molecule has 3 amide bonds. The first-order valence-electron chi connectivity index (χ1n) is 10.5. The minimum Gasteiger partial charge on any atom is -0.491 e. The first-order valence-corrected chi connectivity index (χ1v) is 10.5. The van der Waals surface area contributed by atoms with Crippen LogP contribution in [0.3, 0.4) is 0 Å². The van der Waals surface area contributed by atoms with E-state index < -0.39 is 0 Å². The van der Waals surface area contributed by atoms with Crippen LogP contribution in [-0.4, -0.2) is 44.1 Å². The zero-order chi connectivity index (χ0) is 23.0. The molecule has 0 spiro atoms. The summed E-state index contributed by atoms with van der Waals surface area (Å²) in [5.74, 6) is -0.110. The summed E-state index contributed by atoms with van der Waals surface area (Å²) in [6.45, 7) is 0.449. The third-order valence-corrected chi connectivity index (χ3v) is 4.90. The van der Waals surface area contributed by atoms with Crippen LogP contribution in [0.1, 0.15) is 10.4 Å². The summed E-state index contributed by atoms with van der Waals surface area (Å²) < 4.78 is 10.8. The van der Waals surface area contributed by atoms with Gasteiger partial charge in [0.15, 0.2) is 0 Å². The van der Waals surface area contributed by atoms with Crippen molar-refractivity contribution in [2.75, 3.05) is 41.9 Å². The van der Waals surface area contributed by atoms with Crippen LogP contribution >= 0.6 is 0 Å². The van der Waals surface area contributed by atoms with Crippen molar-refractivity contribution in [1.29, 1.82) is 0 Å². The Morgan fingerprint density at radius 2 is 1.64 bits per heavy atom. The lowest BCUT2D eigenvalue weighted by Crippen LogP contribution is -2.42. The van der Waals surface area contributed by atoms with Gasteiger partial charge in [0.05, 0.1) is 18.0 Å². The number of hydrogen-bond acceptors (Lipinski definition) is 5. The van der Waals surface area contributed by atoms with E-state index in [2.05, 4.69) is 10.6 Å². The number of carbonyl (C=O) groups excluding carboxylic acids is 3. The summed E-state index contributed by atoms with van der Waals surface area (Å²) >= 11 is 0. The number of hydrogen-bond donors (Lipinski definition) is 2. The van der Waals surface area contributed by atoms with Crippen LogP contribution in [0, 0.1) is 0 Å². The van der Waals surface area contributed by atoms with Gasteiger partial charge in [-0.3, -0.25) is 19.3 Å². The lowest BCUT2D eigenvalue weighted by Gasteiger charge is -2.29. The summed E-state index contributed by atoms with van der Waals surface area (Å²) in [4.78, 5) is 38.5. The molecule has 1 aliphatic heterocycles. The minimum absolute atomic E-state index is 0.0559. The molecule has 0 unspecified atom stereocenters. The van der Waals surface area contributed by atoms with Crippen molar-refractivity contribution in [2.24, 2.45) is 0 Å². The molecule has 0 saturated carbocycles. The molecule has 8 nitrogen and oxygen atoms in total. The second-order valence-electron chi connectivity index (χ2n) is 7.30. The van der Waals surface area contributed by atoms with Gasteiger partial charge in [0.1, 0.15) is 25.5 Å². The molecule has 0 fully saturated rings. The highest BCUT2D eigenvalue weighted by atomic mass is 16.5. The van der Waals surface area contributed by atoms with E-state index in [1.165, 1.54) is 4.90 Å². The highest BCUT2D eigenvalue weighted by molar-refractivity contribution is 6.15. The molecule has 0 saturated heterocycles. The van der Waals surface area contributed by atoms with E-state index in [9.17, 15) is 14.4 Å². The van der Waals surface area contributed by atoms with E-state index in [0.717, 1.165) is 5.75 Å². The molecule has 1 aliphatic rings. The largest absolute Gasteiger partial charge is 0.491 e. The van der Waals surface area contributed by atoms with Crippen LogP contribution in [0.2, 0.25) is 0 Å². The number of rotatable bonds is 8. The van der Waals surface area contributed by atoms with Crippen LogP contribution in [0.5, 0.6) is 5.75 Å². The zero-order valence-electron chi connectivity index (χ0n) is 17.8. The molecule has 0 radical (unpaired) electrons. The fourth-order valence-corrected chi connectivity index (χ4v) is 3.36. The fraction of sp³-hybridized carbons (Fsp3) is 0.160. The number of benzene rings is 3. The van der Waals surface area contributed by atoms with Crippen LogP contribution in [0.15, 0.2) is 78.9 Å². The number of anilines is 3. The first-order chi connectivity index (χ1) is 16.1. The Morgan fingerprint density at radius 1 is 0.909 bits per heavy atom. The van der Waals surface area contributed by atoms with E-state index >= 15 is 0 Å². The summed E-state index contributed by atoms with van der Waals surface area (Å²) in [6.07, 6.45) is 0. The number of para-hydroxylation sites is 3. The third-order valence-electron chi connectivity index (χ3n) is 4.90. The van der Waals surface area contributed by atoms with Crippen molar-refractivity contribution in [3.05, 3.63) is 84.4 Å². The molecule has 4 rings (SSSR count). The highest BCUT2D eigenvalue weighted by Crippen LogP contribution is 2.30. The molecule has 0 bridgehead atoms. The Bertz CT molecular complexity index is 1130. The Labute approximate surface area is 191 Å². The van der Waals surface area contributed by atoms with Crippen LogP contribution in [-0.2, 0) is 14.3 Å². The molecule has 2 N–H and O–H groups in total. The minimum atomic E-state index is -0.310. The Morgan fingerprint density at radius 3 is 2.42 bits per heavy atom. The summed E-state index contributed by atoms with van der Waals surface area (Å²) in [5, 5.41) is 5.48. The van der Waals surface area contributed by atoms with Crippen molar-refractivity contribution >= 4 is 34.8 Å². The Kier molecular flexibility index (Phi) is 6.96. The molecule has 168 valence electrons. The van der Waals surface area contributed by atoms with E-state index in [1.54, 1.807) is 42.5 Å². The van der Waals surface area contributed by atoms with Gasteiger partial charge in [-0.2, -0.15) is 0 Å². The number of carbonyl (C=O) groups is 3. The van der Waals surface area contributed by atoms with Crippen molar-refractivity contribution in [2.45, 2.75) is 0 Å². The maximum Gasteiger partial charge on any atom is 0.258 e.